The normalized spacial score (nSPS) is 25.2. The summed E-state index contributed by atoms with van der Waals surface area (Å²) in [6.45, 7) is 8.48. The highest BCUT2D eigenvalue weighted by atomic mass is 19.1. The van der Waals surface area contributed by atoms with E-state index in [9.17, 15) is 19.2 Å². The van der Waals surface area contributed by atoms with E-state index in [0.29, 0.717) is 93.8 Å². The molecular weight excluding hydrogens is 964 g/mol. The molecule has 2 aromatic carbocycles. The molecule has 0 bridgehead atoms. The van der Waals surface area contributed by atoms with E-state index in [1.54, 1.807) is 36.8 Å². The van der Waals surface area contributed by atoms with Crippen molar-refractivity contribution in [2.24, 2.45) is 11.8 Å². The molecule has 5 aliphatic heterocycles. The summed E-state index contributed by atoms with van der Waals surface area (Å²) in [6.07, 6.45) is 15.0. The average Bonchev–Trinajstić information content (AvgIpc) is 4.00. The van der Waals surface area contributed by atoms with Crippen molar-refractivity contribution in [3.8, 4) is 17.1 Å². The van der Waals surface area contributed by atoms with E-state index >= 15 is 9.18 Å². The van der Waals surface area contributed by atoms with Gasteiger partial charge >= 0.3 is 0 Å². The number of rotatable bonds is 11. The number of anilines is 3. The van der Waals surface area contributed by atoms with E-state index in [1.165, 1.54) is 25.3 Å². The van der Waals surface area contributed by atoms with Crippen LogP contribution in [0.1, 0.15) is 133 Å². The van der Waals surface area contributed by atoms with Crippen molar-refractivity contribution in [1.82, 2.24) is 39.5 Å². The number of halogens is 1. The van der Waals surface area contributed by atoms with Crippen molar-refractivity contribution < 1.29 is 33.1 Å². The third kappa shape index (κ3) is 9.39. The minimum atomic E-state index is -0.746. The molecule has 17 heteroatoms. The molecule has 1 atom stereocenters. The number of imidazole rings is 1. The van der Waals surface area contributed by atoms with Crippen molar-refractivity contribution in [3.05, 3.63) is 90.1 Å². The third-order valence-electron chi connectivity index (χ3n) is 18.1. The quantitative estimate of drug-likeness (QED) is 0.121. The summed E-state index contributed by atoms with van der Waals surface area (Å²) in [5, 5.41) is 5.68. The van der Waals surface area contributed by atoms with Gasteiger partial charge in [-0.05, 0) is 146 Å². The molecule has 1 spiro atoms. The molecule has 2 saturated carbocycles. The maximum Gasteiger partial charge on any atom is 0.238 e. The minimum Gasteiger partial charge on any atom is -0.474 e. The van der Waals surface area contributed by atoms with Gasteiger partial charge < -0.3 is 34.2 Å². The predicted molar refractivity (Wildman–Crippen MR) is 285 cm³/mol. The number of piperidine rings is 4. The molecule has 4 saturated heterocycles. The van der Waals surface area contributed by atoms with Crippen LogP contribution in [0.3, 0.4) is 0 Å². The average molecular weight is 1030 g/mol. The fraction of sp³-hybridized carbons (Fsp3) is 0.525. The second kappa shape index (κ2) is 20.7. The van der Waals surface area contributed by atoms with Gasteiger partial charge in [-0.15, -0.1) is 0 Å². The van der Waals surface area contributed by atoms with Crippen LogP contribution in [0.15, 0.2) is 73.2 Å². The van der Waals surface area contributed by atoms with E-state index in [-0.39, 0.29) is 65.4 Å². The topological polar surface area (TPSA) is 175 Å². The number of hydrogen-bond acceptors (Lipinski definition) is 11. The summed E-state index contributed by atoms with van der Waals surface area (Å²) in [5.74, 6) is -0.153. The molecule has 16 nitrogen and oxygen atoms in total. The van der Waals surface area contributed by atoms with Gasteiger partial charge in [0.2, 0.25) is 35.4 Å². The number of aromatic nitrogens is 4. The molecule has 2 N–H and O–H groups in total. The number of carbonyl (C=O) groups excluding carboxylic acids is 5. The molecule has 3 aromatic heterocycles. The van der Waals surface area contributed by atoms with Crippen molar-refractivity contribution in [1.29, 1.82) is 0 Å². The van der Waals surface area contributed by atoms with Crippen molar-refractivity contribution >= 4 is 57.8 Å². The first-order valence-electron chi connectivity index (χ1n) is 28.1. The molecule has 6 fully saturated rings. The number of para-hydroxylation sites is 1. The Labute approximate surface area is 443 Å². The zero-order valence-electron chi connectivity index (χ0n) is 43.7. The summed E-state index contributed by atoms with van der Waals surface area (Å²) in [4.78, 5) is 90.4. The zero-order valence-corrected chi connectivity index (χ0v) is 43.7. The minimum absolute atomic E-state index is 0.0567. The number of likely N-dealkylation sites (tertiary alicyclic amines) is 3. The lowest BCUT2D eigenvalue weighted by Gasteiger charge is -2.48. The molecule has 76 heavy (non-hydrogen) atoms. The highest BCUT2D eigenvalue weighted by Gasteiger charge is 2.56. The SMILES string of the molecule is CC(C)n1cnc2cc(-c3ccc4c(c3)N(C3CC(N5CCCCC5)C3)C(=O)C43CCN(C(=O)C4CCN(C(=O)C5CCC(Oc6ccc(C7CCC(=O)NC7=O)cn6)CC5)CC4)CC3)nc(Nc3ccccc3F)c21. The first kappa shape index (κ1) is 50.1. The lowest BCUT2D eigenvalue weighted by Crippen LogP contribution is -2.58. The number of hydrogen-bond donors (Lipinski definition) is 2. The standard InChI is InChI=1S/C59H69FN10O6/c1-36(2)69-35-62-49-33-48(64-54(53(49)69)63-47-9-5-4-8-46(47)60)39-12-17-45-50(30-39)70(42-31-41(32-42)66-24-6-3-7-25-66)58(75)59(45)22-28-68(29-23-59)57(74)38-20-26-67(27-21-38)56(73)37-10-14-43(15-11-37)76-52-19-13-40(34-61-52)44-16-18-51(71)65-55(44)72/h4-5,8-9,12-13,17,19,30,33-38,41-44H,3,6-7,10-11,14-16,18,20-29,31-32H2,1-2H3,(H,63,64)(H,65,71,72). The van der Waals surface area contributed by atoms with Gasteiger partial charge in [-0.2, -0.15) is 0 Å². The lowest BCUT2D eigenvalue weighted by atomic mass is 9.73. The molecule has 0 radical (unpaired) electrons. The van der Waals surface area contributed by atoms with Crippen LogP contribution in [0.5, 0.6) is 5.88 Å². The Morgan fingerprint density at radius 1 is 0.789 bits per heavy atom. The Balaban J connectivity index is 0.699. The molecule has 398 valence electrons. The van der Waals surface area contributed by atoms with Crippen molar-refractivity contribution in [3.63, 3.8) is 0 Å². The van der Waals surface area contributed by atoms with Gasteiger partial charge in [-0.25, -0.2) is 19.3 Å². The largest absolute Gasteiger partial charge is 0.474 e. The number of pyridine rings is 2. The van der Waals surface area contributed by atoms with Crippen LogP contribution in [0.25, 0.3) is 22.3 Å². The summed E-state index contributed by atoms with van der Waals surface area (Å²) < 4.78 is 23.4. The summed E-state index contributed by atoms with van der Waals surface area (Å²) in [6, 6.07) is 19.1. The third-order valence-corrected chi connectivity index (χ3v) is 18.1. The number of nitrogens with zero attached hydrogens (tertiary/aromatic N) is 8. The first-order chi connectivity index (χ1) is 36.9. The van der Waals surface area contributed by atoms with Crippen LogP contribution in [0.2, 0.25) is 0 Å². The molecule has 5 amide bonds. The van der Waals surface area contributed by atoms with Gasteiger partial charge in [0.15, 0.2) is 5.82 Å². The van der Waals surface area contributed by atoms with Crippen molar-refractivity contribution in [2.45, 2.75) is 146 Å². The van der Waals surface area contributed by atoms with E-state index in [0.717, 1.165) is 85.0 Å². The molecule has 7 aliphatic rings. The fourth-order valence-corrected chi connectivity index (χ4v) is 13.6. The lowest BCUT2D eigenvalue weighted by molar-refractivity contribution is -0.145. The second-order valence-corrected chi connectivity index (χ2v) is 22.9. The number of benzene rings is 2. The Bertz CT molecular complexity index is 3030. The number of carbonyl (C=O) groups is 5. The second-order valence-electron chi connectivity index (χ2n) is 22.9. The van der Waals surface area contributed by atoms with Crippen LogP contribution < -0.4 is 20.3 Å². The Morgan fingerprint density at radius 3 is 2.21 bits per heavy atom. The van der Waals surface area contributed by atoms with Crippen LogP contribution in [-0.4, -0.2) is 121 Å². The van der Waals surface area contributed by atoms with E-state index in [1.807, 2.05) is 26.5 Å². The summed E-state index contributed by atoms with van der Waals surface area (Å²) >= 11 is 0. The van der Waals surface area contributed by atoms with Gasteiger partial charge in [0, 0.05) is 86.1 Å². The van der Waals surface area contributed by atoms with Crippen LogP contribution in [-0.2, 0) is 29.4 Å². The number of nitrogens with one attached hydrogen (secondary N) is 2. The predicted octanol–water partition coefficient (Wildman–Crippen LogP) is 8.58. The maximum absolute atomic E-state index is 15.3. The van der Waals surface area contributed by atoms with Gasteiger partial charge in [-0.3, -0.25) is 29.3 Å². The Kier molecular flexibility index (Phi) is 13.6. The highest BCUT2D eigenvalue weighted by molar-refractivity contribution is 6.09. The monoisotopic (exact) mass is 1030 g/mol. The highest BCUT2D eigenvalue weighted by Crippen LogP contribution is 2.52. The number of fused-ring (bicyclic) bond motifs is 3. The summed E-state index contributed by atoms with van der Waals surface area (Å²) in [7, 11) is 0. The smallest absolute Gasteiger partial charge is 0.238 e. The maximum atomic E-state index is 15.3. The molecule has 12 rings (SSSR count). The molecule has 2 aliphatic carbocycles. The van der Waals surface area contributed by atoms with Gasteiger partial charge in [0.05, 0.1) is 34.6 Å². The number of ether oxygens (including phenoxy) is 1. The molecule has 1 unspecified atom stereocenters. The van der Waals surface area contributed by atoms with Crippen LogP contribution >= 0.6 is 0 Å². The number of imide groups is 1. The molecule has 8 heterocycles. The first-order valence-corrected chi connectivity index (χ1v) is 28.1. The Morgan fingerprint density at radius 2 is 1.51 bits per heavy atom. The van der Waals surface area contributed by atoms with E-state index < -0.39 is 11.3 Å². The van der Waals surface area contributed by atoms with Crippen molar-refractivity contribution in [2.75, 3.05) is 49.5 Å². The van der Waals surface area contributed by atoms with Crippen LogP contribution in [0, 0.1) is 17.7 Å². The van der Waals surface area contributed by atoms with E-state index in [4.69, 9.17) is 14.7 Å². The summed E-state index contributed by atoms with van der Waals surface area (Å²) in [5.41, 5.74) is 5.33. The zero-order chi connectivity index (χ0) is 52.2. The number of amides is 5. The Hall–Kier alpha value is -6.75. The van der Waals surface area contributed by atoms with Gasteiger partial charge in [0.25, 0.3) is 0 Å². The molecule has 5 aromatic rings. The van der Waals surface area contributed by atoms with Gasteiger partial charge in [0.1, 0.15) is 17.4 Å². The van der Waals surface area contributed by atoms with Gasteiger partial charge in [-0.1, -0.05) is 36.8 Å². The van der Waals surface area contributed by atoms with Crippen LogP contribution in [0.4, 0.5) is 21.6 Å². The van der Waals surface area contributed by atoms with E-state index in [2.05, 4.69) is 57.5 Å². The fourth-order valence-electron chi connectivity index (χ4n) is 13.6. The molecular formula is C59H69FN10O6.